The number of hydrogen-bond donors (Lipinski definition) is 1. The van der Waals surface area contributed by atoms with Crippen molar-refractivity contribution < 1.29 is 9.90 Å². The van der Waals surface area contributed by atoms with Crippen LogP contribution in [0.25, 0.3) is 0 Å². The van der Waals surface area contributed by atoms with Gasteiger partial charge in [0.2, 0.25) is 5.91 Å². The topological polar surface area (TPSA) is 40.5 Å². The van der Waals surface area contributed by atoms with E-state index in [9.17, 15) is 9.90 Å². The van der Waals surface area contributed by atoms with Crippen LogP contribution in [-0.2, 0) is 4.79 Å². The van der Waals surface area contributed by atoms with Crippen molar-refractivity contribution in [3.8, 4) is 5.75 Å². The third-order valence-electron chi connectivity index (χ3n) is 3.80. The summed E-state index contributed by atoms with van der Waals surface area (Å²) in [5.74, 6) is 0.963. The first kappa shape index (κ1) is 12.9. The second kappa shape index (κ2) is 5.89. The van der Waals surface area contributed by atoms with Crippen molar-refractivity contribution in [1.29, 1.82) is 0 Å². The van der Waals surface area contributed by atoms with Gasteiger partial charge in [0, 0.05) is 19.2 Å². The first-order chi connectivity index (χ1) is 8.66. The van der Waals surface area contributed by atoms with E-state index >= 15 is 0 Å². The summed E-state index contributed by atoms with van der Waals surface area (Å²) in [5, 5.41) is 9.23. The van der Waals surface area contributed by atoms with E-state index < -0.39 is 0 Å². The average molecular weight is 247 g/mol. The maximum absolute atomic E-state index is 12.2. The number of phenols is 1. The molecule has 1 N–H and O–H groups in total. The highest BCUT2D eigenvalue weighted by Gasteiger charge is 2.19. The lowest BCUT2D eigenvalue weighted by Crippen LogP contribution is -2.28. The molecule has 1 amide bonds. The molecule has 0 saturated heterocycles. The van der Waals surface area contributed by atoms with Crippen LogP contribution in [0.15, 0.2) is 24.3 Å². The molecule has 1 saturated carbocycles. The molecule has 1 aromatic carbocycles. The van der Waals surface area contributed by atoms with Gasteiger partial charge < -0.3 is 10.0 Å². The van der Waals surface area contributed by atoms with E-state index in [1.807, 2.05) is 0 Å². The predicted octanol–water partition coefficient (Wildman–Crippen LogP) is 3.33. The molecule has 0 bridgehead atoms. The van der Waals surface area contributed by atoms with Crippen molar-refractivity contribution in [3.05, 3.63) is 24.3 Å². The summed E-state index contributed by atoms with van der Waals surface area (Å²) in [6, 6.07) is 6.77. The van der Waals surface area contributed by atoms with Crippen LogP contribution in [0.5, 0.6) is 5.75 Å². The monoisotopic (exact) mass is 247 g/mol. The van der Waals surface area contributed by atoms with Gasteiger partial charge in [0.15, 0.2) is 0 Å². The molecule has 18 heavy (non-hydrogen) atoms. The van der Waals surface area contributed by atoms with E-state index in [0.29, 0.717) is 12.3 Å². The van der Waals surface area contributed by atoms with Gasteiger partial charge in [-0.25, -0.2) is 0 Å². The number of carbonyl (C=O) groups is 1. The zero-order valence-electron chi connectivity index (χ0n) is 10.9. The maximum atomic E-state index is 12.2. The molecule has 3 heteroatoms. The van der Waals surface area contributed by atoms with Crippen LogP contribution in [0.4, 0.5) is 5.69 Å². The lowest BCUT2D eigenvalue weighted by atomic mass is 9.86. The summed E-state index contributed by atoms with van der Waals surface area (Å²) in [6.07, 6.45) is 6.88. The van der Waals surface area contributed by atoms with Gasteiger partial charge in [-0.2, -0.15) is 0 Å². The summed E-state index contributed by atoms with van der Waals surface area (Å²) in [7, 11) is 1.80. The zero-order chi connectivity index (χ0) is 13.0. The summed E-state index contributed by atoms with van der Waals surface area (Å²) in [6.45, 7) is 0. The van der Waals surface area contributed by atoms with E-state index in [1.54, 1.807) is 36.2 Å². The lowest BCUT2D eigenvalue weighted by molar-refractivity contribution is -0.119. The number of amides is 1. The van der Waals surface area contributed by atoms with Crippen molar-refractivity contribution in [2.75, 3.05) is 11.9 Å². The Balaban J connectivity index is 1.93. The fraction of sp³-hybridized carbons (Fsp3) is 0.533. The molecule has 0 spiro atoms. The number of hydrogen-bond acceptors (Lipinski definition) is 2. The van der Waals surface area contributed by atoms with Gasteiger partial charge in [-0.15, -0.1) is 0 Å². The number of aromatic hydroxyl groups is 1. The molecule has 1 aromatic rings. The standard InChI is InChI=1S/C15H21NO2/c1-16(13-7-9-14(17)10-8-13)15(18)11-12-5-3-2-4-6-12/h7-10,12,17H,2-6,11H2,1H3. The minimum atomic E-state index is 0.174. The normalized spacial score (nSPS) is 16.5. The Bertz CT molecular complexity index is 393. The fourth-order valence-corrected chi connectivity index (χ4v) is 2.60. The molecule has 1 aliphatic rings. The Morgan fingerprint density at radius 3 is 2.44 bits per heavy atom. The number of carbonyl (C=O) groups excluding carboxylic acids is 1. The molecule has 2 rings (SSSR count). The number of benzene rings is 1. The van der Waals surface area contributed by atoms with E-state index in [4.69, 9.17) is 0 Å². The molecule has 0 atom stereocenters. The van der Waals surface area contributed by atoms with Crippen molar-refractivity contribution in [1.82, 2.24) is 0 Å². The van der Waals surface area contributed by atoms with Crippen LogP contribution in [0.2, 0.25) is 0 Å². The molecule has 98 valence electrons. The van der Waals surface area contributed by atoms with Gasteiger partial charge in [0.1, 0.15) is 5.75 Å². The number of nitrogens with zero attached hydrogens (tertiary/aromatic N) is 1. The average Bonchev–Trinajstić information content (AvgIpc) is 2.40. The van der Waals surface area contributed by atoms with Crippen LogP contribution >= 0.6 is 0 Å². The molecule has 0 aliphatic heterocycles. The molecule has 0 heterocycles. The minimum absolute atomic E-state index is 0.174. The van der Waals surface area contributed by atoms with E-state index in [-0.39, 0.29) is 11.7 Å². The molecule has 0 aromatic heterocycles. The number of phenolic OH excluding ortho intramolecular Hbond substituents is 1. The Morgan fingerprint density at radius 1 is 1.22 bits per heavy atom. The summed E-state index contributed by atoms with van der Waals surface area (Å²) in [4.78, 5) is 13.8. The Hall–Kier alpha value is -1.51. The first-order valence-corrected chi connectivity index (χ1v) is 6.72. The molecule has 0 unspecified atom stereocenters. The predicted molar refractivity (Wildman–Crippen MR) is 72.7 cm³/mol. The smallest absolute Gasteiger partial charge is 0.226 e. The quantitative estimate of drug-likeness (QED) is 0.890. The van der Waals surface area contributed by atoms with Gasteiger partial charge >= 0.3 is 0 Å². The number of anilines is 1. The third-order valence-corrected chi connectivity index (χ3v) is 3.80. The summed E-state index contributed by atoms with van der Waals surface area (Å²) in [5.41, 5.74) is 0.841. The molecule has 1 fully saturated rings. The van der Waals surface area contributed by atoms with E-state index in [0.717, 1.165) is 5.69 Å². The molecular weight excluding hydrogens is 226 g/mol. The highest BCUT2D eigenvalue weighted by Crippen LogP contribution is 2.27. The van der Waals surface area contributed by atoms with Gasteiger partial charge in [0.05, 0.1) is 0 Å². The van der Waals surface area contributed by atoms with Crippen LogP contribution in [0, 0.1) is 5.92 Å². The maximum Gasteiger partial charge on any atom is 0.226 e. The second-order valence-corrected chi connectivity index (χ2v) is 5.18. The SMILES string of the molecule is CN(C(=O)CC1CCCCC1)c1ccc(O)cc1. The molecule has 1 aliphatic carbocycles. The Kier molecular flexibility index (Phi) is 4.24. The lowest BCUT2D eigenvalue weighted by Gasteiger charge is -2.24. The summed E-state index contributed by atoms with van der Waals surface area (Å²) >= 11 is 0. The van der Waals surface area contributed by atoms with Gasteiger partial charge in [-0.05, 0) is 43.0 Å². The Labute approximate surface area is 108 Å². The molecular formula is C15H21NO2. The first-order valence-electron chi connectivity index (χ1n) is 6.72. The van der Waals surface area contributed by atoms with Crippen molar-refractivity contribution in [2.45, 2.75) is 38.5 Å². The van der Waals surface area contributed by atoms with Crippen LogP contribution in [-0.4, -0.2) is 18.1 Å². The van der Waals surface area contributed by atoms with Crippen molar-refractivity contribution in [3.63, 3.8) is 0 Å². The van der Waals surface area contributed by atoms with E-state index in [1.165, 1.54) is 32.1 Å². The van der Waals surface area contributed by atoms with Gasteiger partial charge in [-0.1, -0.05) is 19.3 Å². The van der Waals surface area contributed by atoms with E-state index in [2.05, 4.69) is 0 Å². The fourth-order valence-electron chi connectivity index (χ4n) is 2.60. The number of rotatable bonds is 3. The van der Waals surface area contributed by atoms with Gasteiger partial charge in [0.25, 0.3) is 0 Å². The molecule has 0 radical (unpaired) electrons. The van der Waals surface area contributed by atoms with Crippen LogP contribution in [0.3, 0.4) is 0 Å². The highest BCUT2D eigenvalue weighted by atomic mass is 16.3. The second-order valence-electron chi connectivity index (χ2n) is 5.18. The van der Waals surface area contributed by atoms with Crippen LogP contribution in [0.1, 0.15) is 38.5 Å². The highest BCUT2D eigenvalue weighted by molar-refractivity contribution is 5.92. The van der Waals surface area contributed by atoms with Gasteiger partial charge in [-0.3, -0.25) is 4.79 Å². The minimum Gasteiger partial charge on any atom is -0.508 e. The zero-order valence-corrected chi connectivity index (χ0v) is 10.9. The van der Waals surface area contributed by atoms with Crippen molar-refractivity contribution >= 4 is 11.6 Å². The Morgan fingerprint density at radius 2 is 1.83 bits per heavy atom. The molecule has 3 nitrogen and oxygen atoms in total. The third kappa shape index (κ3) is 3.25. The largest absolute Gasteiger partial charge is 0.508 e. The summed E-state index contributed by atoms with van der Waals surface area (Å²) < 4.78 is 0. The van der Waals surface area contributed by atoms with Crippen LogP contribution < -0.4 is 4.90 Å². The van der Waals surface area contributed by atoms with Crippen molar-refractivity contribution in [2.24, 2.45) is 5.92 Å².